The number of aromatic nitrogens is 2. The fraction of sp³-hybridized carbons (Fsp3) is 0.800. The summed E-state index contributed by atoms with van der Waals surface area (Å²) >= 11 is 0. The zero-order chi connectivity index (χ0) is 16.4. The van der Waals surface area contributed by atoms with Crippen molar-refractivity contribution in [2.45, 2.75) is 52.1 Å². The van der Waals surface area contributed by atoms with Crippen LogP contribution in [-0.2, 0) is 6.54 Å². The number of rotatable bonds is 6. The molecule has 7 nitrogen and oxygen atoms in total. The van der Waals surface area contributed by atoms with Gasteiger partial charge in [-0.05, 0) is 30.6 Å². The van der Waals surface area contributed by atoms with Crippen LogP contribution in [0.1, 0.15) is 40.0 Å². The van der Waals surface area contributed by atoms with Gasteiger partial charge in [-0.2, -0.15) is 5.10 Å². The first kappa shape index (κ1) is 16.9. The highest BCUT2D eigenvalue weighted by Crippen LogP contribution is 2.43. The van der Waals surface area contributed by atoms with Gasteiger partial charge in [0.15, 0.2) is 0 Å². The average Bonchev–Trinajstić information content (AvgIpc) is 2.85. The molecule has 1 saturated carbocycles. The molecule has 0 aromatic carbocycles. The minimum absolute atomic E-state index is 0.00398. The Morgan fingerprint density at radius 1 is 1.55 bits per heavy atom. The lowest BCUT2D eigenvalue weighted by Crippen LogP contribution is -2.55. The highest BCUT2D eigenvalue weighted by Gasteiger charge is 2.42. The zero-order valence-electron chi connectivity index (χ0n) is 13.6. The van der Waals surface area contributed by atoms with E-state index < -0.39 is 4.92 Å². The van der Waals surface area contributed by atoms with Gasteiger partial charge in [0.25, 0.3) is 0 Å². The number of aliphatic hydroxyl groups excluding tert-OH is 1. The number of nitrogens with one attached hydrogen (secondary N) is 1. The smallest absolute Gasteiger partial charge is 0.306 e. The van der Waals surface area contributed by atoms with Crippen LogP contribution in [0.25, 0.3) is 0 Å². The van der Waals surface area contributed by atoms with Crippen LogP contribution < -0.4 is 5.32 Å². The van der Waals surface area contributed by atoms with Gasteiger partial charge in [0.05, 0.1) is 18.1 Å². The van der Waals surface area contributed by atoms with Gasteiger partial charge in [-0.15, -0.1) is 0 Å². The fourth-order valence-electron chi connectivity index (χ4n) is 4.06. The molecule has 0 saturated heterocycles. The largest absolute Gasteiger partial charge is 0.394 e. The van der Waals surface area contributed by atoms with Crippen molar-refractivity contribution in [3.05, 3.63) is 22.5 Å². The van der Waals surface area contributed by atoms with Crippen LogP contribution in [0.3, 0.4) is 0 Å². The van der Waals surface area contributed by atoms with Crippen molar-refractivity contribution in [1.82, 2.24) is 15.1 Å². The summed E-state index contributed by atoms with van der Waals surface area (Å²) in [5, 5.41) is 28.0. The van der Waals surface area contributed by atoms with Crippen molar-refractivity contribution >= 4 is 5.69 Å². The molecule has 1 fully saturated rings. The molecule has 0 radical (unpaired) electrons. The van der Waals surface area contributed by atoms with E-state index in [9.17, 15) is 15.2 Å². The third-order valence-electron chi connectivity index (χ3n) is 4.43. The molecule has 7 heteroatoms. The zero-order valence-corrected chi connectivity index (χ0v) is 13.6. The first-order valence-corrected chi connectivity index (χ1v) is 7.78. The molecular formula is C15H26N4O3. The van der Waals surface area contributed by atoms with Crippen molar-refractivity contribution in [3.63, 3.8) is 0 Å². The molecule has 2 rings (SSSR count). The Morgan fingerprint density at radius 3 is 2.82 bits per heavy atom. The fourth-order valence-corrected chi connectivity index (χ4v) is 4.06. The van der Waals surface area contributed by atoms with E-state index in [4.69, 9.17) is 0 Å². The maximum Gasteiger partial charge on any atom is 0.306 e. The van der Waals surface area contributed by atoms with Gasteiger partial charge < -0.3 is 10.4 Å². The van der Waals surface area contributed by atoms with Gasteiger partial charge in [-0.1, -0.05) is 20.8 Å². The van der Waals surface area contributed by atoms with Crippen LogP contribution >= 0.6 is 0 Å². The van der Waals surface area contributed by atoms with Gasteiger partial charge >= 0.3 is 5.69 Å². The minimum Gasteiger partial charge on any atom is -0.394 e. The minimum atomic E-state index is -0.447. The molecule has 22 heavy (non-hydrogen) atoms. The van der Waals surface area contributed by atoms with Crippen LogP contribution in [0.15, 0.2) is 12.4 Å². The van der Waals surface area contributed by atoms with Gasteiger partial charge in [0.1, 0.15) is 12.4 Å². The maximum atomic E-state index is 10.6. The van der Waals surface area contributed by atoms with Crippen LogP contribution in [-0.4, -0.2) is 38.5 Å². The first-order valence-electron chi connectivity index (χ1n) is 7.78. The third-order valence-corrected chi connectivity index (χ3v) is 4.43. The SMILES string of the molecule is CC1CC(C)(C)CC(CO)(NCCn2cc([N+](=O)[O-])cn2)C1. The summed E-state index contributed by atoms with van der Waals surface area (Å²) in [6.45, 7) is 7.99. The summed E-state index contributed by atoms with van der Waals surface area (Å²) in [5.74, 6) is 0.564. The lowest BCUT2D eigenvalue weighted by molar-refractivity contribution is -0.385. The maximum absolute atomic E-state index is 10.6. The number of aliphatic hydroxyl groups is 1. The second-order valence-electron chi connectivity index (χ2n) is 7.44. The van der Waals surface area contributed by atoms with E-state index in [-0.39, 0.29) is 23.2 Å². The highest BCUT2D eigenvalue weighted by molar-refractivity contribution is 5.20. The summed E-state index contributed by atoms with van der Waals surface area (Å²) in [6, 6.07) is 0. The molecule has 1 aromatic heterocycles. The van der Waals surface area contributed by atoms with Crippen LogP contribution in [0, 0.1) is 21.4 Å². The van der Waals surface area contributed by atoms with Gasteiger partial charge in [-0.3, -0.25) is 14.8 Å². The molecule has 0 aliphatic heterocycles. The monoisotopic (exact) mass is 310 g/mol. The number of hydrogen-bond donors (Lipinski definition) is 2. The van der Waals surface area contributed by atoms with E-state index in [0.29, 0.717) is 19.0 Å². The Balaban J connectivity index is 1.94. The van der Waals surface area contributed by atoms with Crippen molar-refractivity contribution in [2.75, 3.05) is 13.2 Å². The predicted octanol–water partition coefficient (Wildman–Crippen LogP) is 1.96. The molecular weight excluding hydrogens is 284 g/mol. The Labute approximate surface area is 130 Å². The van der Waals surface area contributed by atoms with Crippen molar-refractivity contribution in [1.29, 1.82) is 0 Å². The molecule has 0 spiro atoms. The van der Waals surface area contributed by atoms with Crippen molar-refractivity contribution < 1.29 is 10.0 Å². The van der Waals surface area contributed by atoms with Crippen LogP contribution in [0.4, 0.5) is 5.69 Å². The molecule has 1 aliphatic carbocycles. The number of nitro groups is 1. The number of hydrogen-bond acceptors (Lipinski definition) is 5. The Morgan fingerprint density at radius 2 is 2.27 bits per heavy atom. The second-order valence-corrected chi connectivity index (χ2v) is 7.44. The van der Waals surface area contributed by atoms with Gasteiger partial charge in [0.2, 0.25) is 0 Å². The van der Waals surface area contributed by atoms with E-state index in [2.05, 4.69) is 31.2 Å². The van der Waals surface area contributed by atoms with E-state index in [0.717, 1.165) is 12.8 Å². The van der Waals surface area contributed by atoms with E-state index >= 15 is 0 Å². The molecule has 2 unspecified atom stereocenters. The van der Waals surface area contributed by atoms with Gasteiger partial charge in [0, 0.05) is 12.1 Å². The first-order chi connectivity index (χ1) is 10.3. The number of nitrogens with zero attached hydrogens (tertiary/aromatic N) is 3. The average molecular weight is 310 g/mol. The van der Waals surface area contributed by atoms with E-state index in [1.165, 1.54) is 18.8 Å². The standard InChI is InChI=1S/C15H26N4O3/c1-12-6-14(2,3)10-15(7-12,11-20)16-4-5-18-9-13(8-17-18)19(21)22/h8-9,12,16,20H,4-7,10-11H2,1-3H3. The molecule has 124 valence electrons. The molecule has 0 amide bonds. The Bertz CT molecular complexity index is 529. The molecule has 2 atom stereocenters. The normalized spacial score (nSPS) is 27.7. The predicted molar refractivity (Wildman–Crippen MR) is 83.5 cm³/mol. The highest BCUT2D eigenvalue weighted by atomic mass is 16.6. The topological polar surface area (TPSA) is 93.2 Å². The summed E-state index contributed by atoms with van der Waals surface area (Å²) in [5.41, 5.74) is -0.0534. The van der Waals surface area contributed by atoms with E-state index in [1.807, 2.05) is 0 Å². The quantitative estimate of drug-likeness (QED) is 0.619. The molecule has 1 heterocycles. The van der Waals surface area contributed by atoms with Crippen molar-refractivity contribution in [3.8, 4) is 0 Å². The summed E-state index contributed by atoms with van der Waals surface area (Å²) in [4.78, 5) is 10.2. The molecule has 2 N–H and O–H groups in total. The van der Waals surface area contributed by atoms with Crippen LogP contribution in [0.5, 0.6) is 0 Å². The Kier molecular flexibility index (Phi) is 4.87. The lowest BCUT2D eigenvalue weighted by Gasteiger charge is -2.47. The molecule has 1 aromatic rings. The summed E-state index contributed by atoms with van der Waals surface area (Å²) in [6.07, 6.45) is 5.74. The van der Waals surface area contributed by atoms with E-state index in [1.54, 1.807) is 4.68 Å². The van der Waals surface area contributed by atoms with Crippen molar-refractivity contribution in [2.24, 2.45) is 11.3 Å². The van der Waals surface area contributed by atoms with Gasteiger partial charge in [-0.25, -0.2) is 0 Å². The Hall–Kier alpha value is -1.47. The second kappa shape index (κ2) is 6.34. The van der Waals surface area contributed by atoms with Crippen LogP contribution in [0.2, 0.25) is 0 Å². The lowest BCUT2D eigenvalue weighted by atomic mass is 9.64. The summed E-state index contributed by atoms with van der Waals surface area (Å²) < 4.78 is 1.56. The summed E-state index contributed by atoms with van der Waals surface area (Å²) in [7, 11) is 0. The third kappa shape index (κ3) is 4.04. The molecule has 0 bridgehead atoms. The molecule has 1 aliphatic rings.